The number of hydrogen-bond acceptors (Lipinski definition) is 0. The van der Waals surface area contributed by atoms with Crippen LogP contribution in [0.5, 0.6) is 0 Å². The van der Waals surface area contributed by atoms with Crippen molar-refractivity contribution in [3.8, 4) is 0 Å². The lowest BCUT2D eigenvalue weighted by Gasteiger charge is -2.19. The summed E-state index contributed by atoms with van der Waals surface area (Å²) in [5.74, 6) is 0. The first kappa shape index (κ1) is 14.1. The third kappa shape index (κ3) is 4.36. The van der Waals surface area contributed by atoms with Crippen LogP contribution in [0.2, 0.25) is 6.04 Å². The van der Waals surface area contributed by atoms with Crippen LogP contribution < -0.4 is 5.19 Å². The maximum absolute atomic E-state index is 2.31. The van der Waals surface area contributed by atoms with E-state index in [-0.39, 0.29) is 14.9 Å². The van der Waals surface area contributed by atoms with E-state index in [1.165, 1.54) is 23.6 Å². The van der Waals surface area contributed by atoms with Crippen molar-refractivity contribution in [3.05, 3.63) is 65.7 Å². The van der Waals surface area contributed by atoms with Crippen molar-refractivity contribution < 1.29 is 0 Å². The molecule has 0 saturated carbocycles. The summed E-state index contributed by atoms with van der Waals surface area (Å²) in [5.41, 5.74) is 3.17. The van der Waals surface area contributed by atoms with E-state index >= 15 is 0 Å². The molecule has 0 bridgehead atoms. The molecule has 2 aromatic carbocycles. The molecule has 0 saturated heterocycles. The molecule has 0 atom stereocenters. The molecule has 0 unspecified atom stereocenters. The van der Waals surface area contributed by atoms with Crippen LogP contribution in [0.15, 0.2) is 54.6 Å². The van der Waals surface area contributed by atoms with Crippen LogP contribution in [0.3, 0.4) is 0 Å². The van der Waals surface area contributed by atoms with Crippen molar-refractivity contribution in [1.29, 1.82) is 0 Å². The first-order chi connectivity index (χ1) is 9.05. The predicted octanol–water partition coefficient (Wildman–Crippen LogP) is 3.44. The van der Waals surface area contributed by atoms with E-state index in [9.17, 15) is 0 Å². The molecule has 2 rings (SSSR count). The van der Waals surface area contributed by atoms with E-state index in [4.69, 9.17) is 0 Å². The Morgan fingerprint density at radius 2 is 1.47 bits per heavy atom. The molecule has 0 radical (unpaired) electrons. The monoisotopic (exact) mass is 268 g/mol. The number of rotatable bonds is 4. The predicted molar refractivity (Wildman–Crippen MR) is 88.3 cm³/mol. The Labute approximate surface area is 119 Å². The molecule has 0 fully saturated rings. The van der Waals surface area contributed by atoms with Gasteiger partial charge in [0.25, 0.3) is 0 Å². The van der Waals surface area contributed by atoms with E-state index in [1.807, 2.05) is 0 Å². The average Bonchev–Trinajstić information content (AvgIpc) is 2.39. The fourth-order valence-electron chi connectivity index (χ4n) is 2.31. The van der Waals surface area contributed by atoms with Gasteiger partial charge < -0.3 is 0 Å². The molecular weight excluding hydrogens is 244 g/mol. The minimum Gasteiger partial charge on any atom is -0.0669 e. The molecule has 0 nitrogen and oxygen atoms in total. The van der Waals surface area contributed by atoms with E-state index in [0.29, 0.717) is 0 Å². The van der Waals surface area contributed by atoms with Gasteiger partial charge in [0.2, 0.25) is 0 Å². The highest BCUT2D eigenvalue weighted by atomic mass is 28.2. The Morgan fingerprint density at radius 1 is 0.842 bits per heavy atom. The van der Waals surface area contributed by atoms with Gasteiger partial charge in [-0.25, -0.2) is 0 Å². The average molecular weight is 268 g/mol. The standard InChI is InChI=1S/C18H24Si/c1-18(2,3)16-11-9-15(10-12-16)13-14-19-17-7-5-4-6-8-17/h4-12H,13-14,19H2,1-3H3. The lowest BCUT2D eigenvalue weighted by molar-refractivity contribution is 0.590. The first-order valence-electron chi connectivity index (χ1n) is 7.19. The van der Waals surface area contributed by atoms with Gasteiger partial charge in [-0.2, -0.15) is 0 Å². The first-order valence-corrected chi connectivity index (χ1v) is 8.90. The molecule has 0 N–H and O–H groups in total. The maximum atomic E-state index is 2.31. The molecule has 0 aliphatic rings. The molecule has 0 heterocycles. The van der Waals surface area contributed by atoms with E-state index in [1.54, 1.807) is 5.19 Å². The largest absolute Gasteiger partial charge is 0.0669 e. The highest BCUT2D eigenvalue weighted by molar-refractivity contribution is 6.53. The molecule has 100 valence electrons. The van der Waals surface area contributed by atoms with Crippen molar-refractivity contribution in [1.82, 2.24) is 0 Å². The molecule has 2 aromatic rings. The van der Waals surface area contributed by atoms with Crippen molar-refractivity contribution in [2.45, 2.75) is 38.7 Å². The third-order valence-electron chi connectivity index (χ3n) is 3.59. The van der Waals surface area contributed by atoms with E-state index < -0.39 is 0 Å². The topological polar surface area (TPSA) is 0 Å². The Morgan fingerprint density at radius 3 is 2.05 bits per heavy atom. The highest BCUT2D eigenvalue weighted by Gasteiger charge is 2.12. The summed E-state index contributed by atoms with van der Waals surface area (Å²) in [6.45, 7) is 6.80. The fraction of sp³-hybridized carbons (Fsp3) is 0.333. The van der Waals surface area contributed by atoms with Crippen LogP contribution in [0.25, 0.3) is 0 Å². The van der Waals surface area contributed by atoms with Gasteiger partial charge in [-0.1, -0.05) is 86.6 Å². The van der Waals surface area contributed by atoms with Gasteiger partial charge in [-0.05, 0) is 23.0 Å². The number of hydrogen-bond donors (Lipinski definition) is 0. The van der Waals surface area contributed by atoms with Crippen LogP contribution in [0.1, 0.15) is 31.9 Å². The van der Waals surface area contributed by atoms with E-state index in [0.717, 1.165) is 0 Å². The summed E-state index contributed by atoms with van der Waals surface area (Å²) in [5, 5.41) is 1.58. The van der Waals surface area contributed by atoms with Gasteiger partial charge in [-0.15, -0.1) is 0 Å². The van der Waals surface area contributed by atoms with Crippen LogP contribution in [-0.2, 0) is 11.8 Å². The van der Waals surface area contributed by atoms with Crippen molar-refractivity contribution in [2.24, 2.45) is 0 Å². The van der Waals surface area contributed by atoms with Gasteiger partial charge in [0, 0.05) is 0 Å². The Balaban J connectivity index is 1.87. The van der Waals surface area contributed by atoms with Gasteiger partial charge in [0.05, 0.1) is 9.52 Å². The van der Waals surface area contributed by atoms with Gasteiger partial charge in [0.1, 0.15) is 0 Å². The normalized spacial score (nSPS) is 12.2. The van der Waals surface area contributed by atoms with E-state index in [2.05, 4.69) is 75.4 Å². The summed E-state index contributed by atoms with van der Waals surface area (Å²) < 4.78 is 0. The van der Waals surface area contributed by atoms with Gasteiger partial charge >= 0.3 is 0 Å². The van der Waals surface area contributed by atoms with Gasteiger partial charge in [-0.3, -0.25) is 0 Å². The van der Waals surface area contributed by atoms with Crippen LogP contribution >= 0.6 is 0 Å². The Bertz CT molecular complexity index is 491. The minimum atomic E-state index is -0.0923. The third-order valence-corrected chi connectivity index (χ3v) is 5.35. The lowest BCUT2D eigenvalue weighted by Crippen LogP contribution is -2.13. The minimum absolute atomic E-state index is 0.0923. The maximum Gasteiger partial charge on any atom is 0.0550 e. The Kier molecular flexibility index (Phi) is 4.59. The fourth-order valence-corrected chi connectivity index (χ4v) is 3.91. The molecule has 0 spiro atoms. The van der Waals surface area contributed by atoms with Crippen LogP contribution in [-0.4, -0.2) is 9.52 Å². The highest BCUT2D eigenvalue weighted by Crippen LogP contribution is 2.22. The quantitative estimate of drug-likeness (QED) is 0.745. The van der Waals surface area contributed by atoms with Crippen molar-refractivity contribution in [3.63, 3.8) is 0 Å². The number of benzene rings is 2. The molecular formula is C18H24Si. The zero-order valence-corrected chi connectivity index (χ0v) is 13.7. The molecule has 19 heavy (non-hydrogen) atoms. The zero-order chi connectivity index (χ0) is 13.7. The SMILES string of the molecule is CC(C)(C)c1ccc(CC[SiH2]c2ccccc2)cc1. The summed E-state index contributed by atoms with van der Waals surface area (Å²) in [6, 6.07) is 21.5. The molecule has 0 aromatic heterocycles. The smallest absolute Gasteiger partial charge is 0.0550 e. The zero-order valence-electron chi connectivity index (χ0n) is 12.3. The summed E-state index contributed by atoms with van der Waals surface area (Å²) in [4.78, 5) is 0. The van der Waals surface area contributed by atoms with Crippen molar-refractivity contribution >= 4 is 14.7 Å². The second-order valence-electron chi connectivity index (χ2n) is 6.29. The molecule has 1 heteroatoms. The Hall–Kier alpha value is -1.34. The van der Waals surface area contributed by atoms with Crippen LogP contribution in [0.4, 0.5) is 0 Å². The van der Waals surface area contributed by atoms with Crippen molar-refractivity contribution in [2.75, 3.05) is 0 Å². The summed E-state index contributed by atoms with van der Waals surface area (Å²) in [6.07, 6.45) is 1.23. The van der Waals surface area contributed by atoms with Crippen LogP contribution in [0, 0.1) is 0 Å². The second kappa shape index (κ2) is 6.20. The molecule has 0 aliphatic carbocycles. The molecule has 0 amide bonds. The summed E-state index contributed by atoms with van der Waals surface area (Å²) in [7, 11) is -0.0923. The summed E-state index contributed by atoms with van der Waals surface area (Å²) >= 11 is 0. The molecule has 0 aliphatic heterocycles. The lowest BCUT2D eigenvalue weighted by atomic mass is 9.86. The second-order valence-corrected chi connectivity index (χ2v) is 8.31. The van der Waals surface area contributed by atoms with Gasteiger partial charge in [0.15, 0.2) is 0 Å². The number of aryl methyl sites for hydroxylation is 1.